The molecule has 0 bridgehead atoms. The van der Waals surface area contributed by atoms with Crippen LogP contribution in [0.2, 0.25) is 18.1 Å². The van der Waals surface area contributed by atoms with E-state index in [4.69, 9.17) is 9.79 Å². The molecule has 1 aromatic carbocycles. The van der Waals surface area contributed by atoms with E-state index < -0.39 is 26.3 Å². The van der Waals surface area contributed by atoms with Gasteiger partial charge in [-0.25, -0.2) is 9.18 Å². The second-order valence-corrected chi connectivity index (χ2v) is 12.5. The van der Waals surface area contributed by atoms with Crippen LogP contribution in [-0.2, 0) is 4.53 Å². The molecular weight excluding hydrogens is 355 g/mol. The highest BCUT2D eigenvalue weighted by Crippen LogP contribution is 2.37. The number of hydrogen-bond acceptors (Lipinski definition) is 4. The number of benzene rings is 1. The van der Waals surface area contributed by atoms with Gasteiger partial charge >= 0.3 is 6.09 Å². The fraction of sp³-hybridized carbons (Fsp3) is 0.556. The molecule has 144 valence electrons. The summed E-state index contributed by atoms with van der Waals surface area (Å²) in [5, 5.41) is 29.2. The molecule has 0 aliphatic carbocycles. The van der Waals surface area contributed by atoms with E-state index in [-0.39, 0.29) is 23.6 Å². The first-order chi connectivity index (χ1) is 11.9. The number of aliphatic hydroxyl groups is 1. The van der Waals surface area contributed by atoms with Gasteiger partial charge < -0.3 is 14.7 Å². The summed E-state index contributed by atoms with van der Waals surface area (Å²) in [4.78, 5) is 11.5. The van der Waals surface area contributed by atoms with Gasteiger partial charge in [-0.15, -0.1) is 0 Å². The Labute approximate surface area is 154 Å². The number of carbonyl (C=O) groups is 1. The van der Waals surface area contributed by atoms with E-state index in [0.29, 0.717) is 12.0 Å². The number of hydrogen-bond donors (Lipinski definition) is 2. The van der Waals surface area contributed by atoms with Crippen LogP contribution >= 0.6 is 0 Å². The van der Waals surface area contributed by atoms with Crippen molar-refractivity contribution < 1.29 is 23.9 Å². The molecule has 1 amide bonds. The molecule has 0 aliphatic heterocycles. The zero-order chi connectivity index (χ0) is 20.1. The molecule has 0 fully saturated rings. The maximum absolute atomic E-state index is 13.5. The Morgan fingerprint density at radius 2 is 2.00 bits per heavy atom. The van der Waals surface area contributed by atoms with Gasteiger partial charge in [0.25, 0.3) is 0 Å². The molecule has 6 nitrogen and oxygen atoms in total. The highest BCUT2D eigenvalue weighted by Gasteiger charge is 2.40. The number of nitrogens with zero attached hydrogens (tertiary/aromatic N) is 2. The van der Waals surface area contributed by atoms with Crippen molar-refractivity contribution in [1.82, 2.24) is 5.06 Å². The summed E-state index contributed by atoms with van der Waals surface area (Å²) >= 11 is 0. The predicted molar refractivity (Wildman–Crippen MR) is 98.3 cm³/mol. The van der Waals surface area contributed by atoms with Crippen LogP contribution in [0.1, 0.15) is 50.8 Å². The number of amides is 1. The number of rotatable bonds is 7. The number of nitriles is 1. The van der Waals surface area contributed by atoms with Gasteiger partial charge in [0.05, 0.1) is 24.3 Å². The summed E-state index contributed by atoms with van der Waals surface area (Å²) in [6.45, 7) is 10.0. The second kappa shape index (κ2) is 8.62. The highest BCUT2D eigenvalue weighted by atomic mass is 28.4. The zero-order valence-electron chi connectivity index (χ0n) is 15.9. The normalized spacial score (nSPS) is 13.2. The third kappa shape index (κ3) is 6.09. The third-order valence-electron chi connectivity index (χ3n) is 4.63. The largest absolute Gasteiger partial charge is 0.463 e. The van der Waals surface area contributed by atoms with Crippen molar-refractivity contribution in [1.29, 1.82) is 5.26 Å². The first-order valence-corrected chi connectivity index (χ1v) is 11.4. The standard InChI is InChI=1S/C18H27FN2O4Si/c1-18(2,3)26(4,5)25-21(17(23)24)8-6-7-16(22)14-9-13(12-20)10-15(19)11-14/h9-11,16,22H,6-8H2,1-5H3,(H,23,24). The molecule has 1 unspecified atom stereocenters. The molecular formula is C18H27FN2O4Si. The van der Waals surface area contributed by atoms with Crippen LogP contribution in [-0.4, -0.2) is 36.2 Å². The summed E-state index contributed by atoms with van der Waals surface area (Å²) in [6.07, 6.45) is -1.61. The lowest BCUT2D eigenvalue weighted by molar-refractivity contribution is -0.0514. The summed E-state index contributed by atoms with van der Waals surface area (Å²) in [5.41, 5.74) is 0.432. The Balaban J connectivity index is 2.70. The molecule has 2 N–H and O–H groups in total. The van der Waals surface area contributed by atoms with Crippen LogP contribution in [0.3, 0.4) is 0 Å². The summed E-state index contributed by atoms with van der Waals surface area (Å²) in [5.74, 6) is -0.591. The van der Waals surface area contributed by atoms with E-state index in [1.54, 1.807) is 0 Å². The average molecular weight is 383 g/mol. The number of halogens is 1. The molecule has 0 spiro atoms. The fourth-order valence-corrected chi connectivity index (χ4v) is 3.05. The zero-order valence-corrected chi connectivity index (χ0v) is 16.9. The Kier molecular flexibility index (Phi) is 7.32. The van der Waals surface area contributed by atoms with E-state index in [1.807, 2.05) is 39.9 Å². The first kappa shape index (κ1) is 22.1. The van der Waals surface area contributed by atoms with Gasteiger partial charge in [0.2, 0.25) is 8.32 Å². The van der Waals surface area contributed by atoms with Gasteiger partial charge in [-0.2, -0.15) is 10.3 Å². The Hall–Kier alpha value is -1.95. The third-order valence-corrected chi connectivity index (χ3v) is 8.92. The average Bonchev–Trinajstić information content (AvgIpc) is 2.51. The maximum Gasteiger partial charge on any atom is 0.430 e. The Morgan fingerprint density at radius 1 is 1.38 bits per heavy atom. The SMILES string of the molecule is CC(C)(C)[Si](C)(C)ON(CCCC(O)c1cc(F)cc(C#N)c1)C(=O)O. The fourth-order valence-electron chi connectivity index (χ4n) is 2.06. The highest BCUT2D eigenvalue weighted by molar-refractivity contribution is 6.74. The number of hydroxylamine groups is 2. The second-order valence-electron chi connectivity index (χ2n) is 7.78. The lowest BCUT2D eigenvalue weighted by Gasteiger charge is -2.38. The molecule has 0 aliphatic rings. The van der Waals surface area contributed by atoms with Gasteiger partial charge in [-0.3, -0.25) is 0 Å². The summed E-state index contributed by atoms with van der Waals surface area (Å²) in [7, 11) is -2.29. The van der Waals surface area contributed by atoms with E-state index >= 15 is 0 Å². The summed E-state index contributed by atoms with van der Waals surface area (Å²) in [6, 6.07) is 5.53. The lowest BCUT2D eigenvalue weighted by Crippen LogP contribution is -2.48. The van der Waals surface area contributed by atoms with Gasteiger partial charge in [-0.05, 0) is 54.7 Å². The molecule has 1 atom stereocenters. The van der Waals surface area contributed by atoms with Crippen LogP contribution in [0, 0.1) is 17.1 Å². The minimum absolute atomic E-state index is 0.0966. The minimum atomic E-state index is -2.29. The molecule has 0 radical (unpaired) electrons. The Bertz CT molecular complexity index is 683. The van der Waals surface area contributed by atoms with Gasteiger partial charge in [0.15, 0.2) is 0 Å². The molecule has 0 saturated heterocycles. The van der Waals surface area contributed by atoms with E-state index in [2.05, 4.69) is 0 Å². The minimum Gasteiger partial charge on any atom is -0.463 e. The number of aliphatic hydroxyl groups excluding tert-OH is 1. The molecule has 0 aromatic heterocycles. The smallest absolute Gasteiger partial charge is 0.430 e. The van der Waals surface area contributed by atoms with Gasteiger partial charge in [0, 0.05) is 0 Å². The monoisotopic (exact) mass is 382 g/mol. The Morgan fingerprint density at radius 3 is 2.50 bits per heavy atom. The first-order valence-electron chi connectivity index (χ1n) is 8.45. The van der Waals surface area contributed by atoms with Crippen molar-refractivity contribution in [2.75, 3.05) is 6.54 Å². The van der Waals surface area contributed by atoms with E-state index in [1.165, 1.54) is 12.1 Å². The maximum atomic E-state index is 13.5. The molecule has 0 saturated carbocycles. The van der Waals surface area contributed by atoms with Crippen molar-refractivity contribution in [2.24, 2.45) is 0 Å². The molecule has 0 heterocycles. The molecule has 1 rings (SSSR count). The van der Waals surface area contributed by atoms with Crippen LogP contribution in [0.5, 0.6) is 0 Å². The molecule has 26 heavy (non-hydrogen) atoms. The molecule has 8 heteroatoms. The van der Waals surface area contributed by atoms with Crippen molar-refractivity contribution in [3.63, 3.8) is 0 Å². The summed E-state index contributed by atoms with van der Waals surface area (Å²) < 4.78 is 19.3. The molecule has 1 aromatic rings. The van der Waals surface area contributed by atoms with E-state index in [9.17, 15) is 19.4 Å². The van der Waals surface area contributed by atoms with Gasteiger partial charge in [0.1, 0.15) is 5.82 Å². The van der Waals surface area contributed by atoms with Crippen molar-refractivity contribution in [3.8, 4) is 6.07 Å². The van der Waals surface area contributed by atoms with Crippen LogP contribution in [0.25, 0.3) is 0 Å². The quantitative estimate of drug-likeness (QED) is 0.537. The van der Waals surface area contributed by atoms with Crippen molar-refractivity contribution in [2.45, 2.75) is 57.8 Å². The van der Waals surface area contributed by atoms with E-state index in [0.717, 1.165) is 11.1 Å². The topological polar surface area (TPSA) is 93.8 Å². The van der Waals surface area contributed by atoms with Crippen LogP contribution in [0.15, 0.2) is 18.2 Å². The lowest BCUT2D eigenvalue weighted by atomic mass is 10.0. The van der Waals surface area contributed by atoms with Crippen molar-refractivity contribution in [3.05, 3.63) is 35.1 Å². The van der Waals surface area contributed by atoms with Crippen LogP contribution < -0.4 is 0 Å². The van der Waals surface area contributed by atoms with Crippen LogP contribution in [0.4, 0.5) is 9.18 Å². The predicted octanol–water partition coefficient (Wildman–Crippen LogP) is 4.43. The van der Waals surface area contributed by atoms with Gasteiger partial charge in [-0.1, -0.05) is 20.8 Å². The van der Waals surface area contributed by atoms with Crippen molar-refractivity contribution >= 4 is 14.4 Å². The number of carboxylic acid groups (broad SMARTS) is 1.